The van der Waals surface area contributed by atoms with Gasteiger partial charge in [0, 0.05) is 18.3 Å². The Morgan fingerprint density at radius 2 is 2.09 bits per heavy atom. The Morgan fingerprint density at radius 1 is 1.30 bits per heavy atom. The Hall–Kier alpha value is -1.95. The van der Waals surface area contributed by atoms with E-state index in [1.54, 1.807) is 11.6 Å². The van der Waals surface area contributed by atoms with Gasteiger partial charge in [-0.2, -0.15) is 10.1 Å². The maximum Gasteiger partial charge on any atom is 0.252 e. The molecule has 1 fully saturated rings. The van der Waals surface area contributed by atoms with Crippen molar-refractivity contribution in [3.63, 3.8) is 0 Å². The molecule has 3 rings (SSSR count). The van der Waals surface area contributed by atoms with E-state index in [2.05, 4.69) is 27.3 Å². The first-order chi connectivity index (χ1) is 11.0. The molecule has 23 heavy (non-hydrogen) atoms. The van der Waals surface area contributed by atoms with E-state index in [4.69, 9.17) is 0 Å². The first kappa shape index (κ1) is 15.9. The van der Waals surface area contributed by atoms with Gasteiger partial charge >= 0.3 is 0 Å². The average molecular weight is 315 g/mol. The molecule has 2 heterocycles. The van der Waals surface area contributed by atoms with Crippen LogP contribution < -0.4 is 5.32 Å². The fourth-order valence-corrected chi connectivity index (χ4v) is 3.09. The highest BCUT2D eigenvalue weighted by molar-refractivity contribution is 5.40. The number of anilines is 1. The molecule has 0 aromatic carbocycles. The van der Waals surface area contributed by atoms with Crippen LogP contribution in [-0.4, -0.2) is 30.9 Å². The first-order valence-electron chi connectivity index (χ1n) is 8.39. The molecule has 1 saturated carbocycles. The molecule has 3 unspecified atom stereocenters. The summed E-state index contributed by atoms with van der Waals surface area (Å²) in [6, 6.07) is 4.17. The average Bonchev–Trinajstić information content (AvgIpc) is 2.96. The lowest BCUT2D eigenvalue weighted by atomic mass is 9.86. The Balaban J connectivity index is 1.91. The summed E-state index contributed by atoms with van der Waals surface area (Å²) in [4.78, 5) is 9.02. The molecule has 0 radical (unpaired) electrons. The summed E-state index contributed by atoms with van der Waals surface area (Å²) < 4.78 is 1.65. The van der Waals surface area contributed by atoms with Crippen LogP contribution in [0.3, 0.4) is 0 Å². The van der Waals surface area contributed by atoms with Gasteiger partial charge in [0.1, 0.15) is 5.82 Å². The number of rotatable bonds is 4. The number of aryl methyl sites for hydroxylation is 1. The van der Waals surface area contributed by atoms with Crippen molar-refractivity contribution in [3.8, 4) is 5.95 Å². The van der Waals surface area contributed by atoms with Crippen LogP contribution in [-0.2, 0) is 0 Å². The Labute approximate surface area is 137 Å². The van der Waals surface area contributed by atoms with Crippen molar-refractivity contribution in [2.45, 2.75) is 58.6 Å². The van der Waals surface area contributed by atoms with Crippen LogP contribution in [0.4, 0.5) is 5.82 Å². The third kappa shape index (κ3) is 3.69. The third-order valence-electron chi connectivity index (χ3n) is 4.53. The van der Waals surface area contributed by atoms with E-state index < -0.39 is 6.10 Å². The second kappa shape index (κ2) is 6.66. The second-order valence-electron chi connectivity index (χ2n) is 6.57. The summed E-state index contributed by atoms with van der Waals surface area (Å²) in [6.45, 7) is 5.93. The van der Waals surface area contributed by atoms with E-state index in [0.29, 0.717) is 23.6 Å². The lowest BCUT2D eigenvalue weighted by Gasteiger charge is -2.30. The third-order valence-corrected chi connectivity index (χ3v) is 4.53. The smallest absolute Gasteiger partial charge is 0.252 e. The fraction of sp³-hybridized carbons (Fsp3) is 0.588. The number of hydrogen-bond donors (Lipinski definition) is 2. The van der Waals surface area contributed by atoms with Crippen molar-refractivity contribution in [2.24, 2.45) is 5.92 Å². The molecule has 2 N–H and O–H groups in total. The molecule has 124 valence electrons. The van der Waals surface area contributed by atoms with Gasteiger partial charge in [-0.3, -0.25) is 0 Å². The van der Waals surface area contributed by atoms with Gasteiger partial charge in [0.2, 0.25) is 0 Å². The van der Waals surface area contributed by atoms with Crippen LogP contribution in [0.5, 0.6) is 0 Å². The molecule has 0 aliphatic heterocycles. The monoisotopic (exact) mass is 315 g/mol. The molecule has 0 bridgehead atoms. The molecule has 3 atom stereocenters. The SMILES string of the molecule is Cc1ccn(-c2nc(NC3CCCCC3C)cc(C(C)O)n2)n1. The number of nitrogens with zero attached hydrogens (tertiary/aromatic N) is 4. The predicted molar refractivity (Wildman–Crippen MR) is 89.6 cm³/mol. The van der Waals surface area contributed by atoms with Crippen LogP contribution in [0.2, 0.25) is 0 Å². The van der Waals surface area contributed by atoms with E-state index in [9.17, 15) is 5.11 Å². The van der Waals surface area contributed by atoms with Gasteiger partial charge in [-0.05, 0) is 38.7 Å². The Morgan fingerprint density at radius 3 is 2.74 bits per heavy atom. The largest absolute Gasteiger partial charge is 0.387 e. The van der Waals surface area contributed by atoms with Gasteiger partial charge in [-0.15, -0.1) is 0 Å². The minimum Gasteiger partial charge on any atom is -0.387 e. The topological polar surface area (TPSA) is 75.9 Å². The maximum atomic E-state index is 9.93. The fourth-order valence-electron chi connectivity index (χ4n) is 3.09. The number of aliphatic hydroxyl groups excluding tert-OH is 1. The molecule has 2 aromatic heterocycles. The summed E-state index contributed by atoms with van der Waals surface area (Å²) in [5.41, 5.74) is 1.51. The van der Waals surface area contributed by atoms with Crippen molar-refractivity contribution in [1.29, 1.82) is 0 Å². The predicted octanol–water partition coefficient (Wildman–Crippen LogP) is 3.01. The van der Waals surface area contributed by atoms with E-state index in [1.807, 2.05) is 25.3 Å². The lowest BCUT2D eigenvalue weighted by molar-refractivity contribution is 0.194. The van der Waals surface area contributed by atoms with Gasteiger partial charge in [-0.1, -0.05) is 19.8 Å². The highest BCUT2D eigenvalue weighted by Gasteiger charge is 2.22. The zero-order chi connectivity index (χ0) is 16.4. The van der Waals surface area contributed by atoms with E-state index in [0.717, 1.165) is 17.9 Å². The molecule has 0 saturated heterocycles. The minimum absolute atomic E-state index is 0.424. The molecule has 6 heteroatoms. The molecule has 1 aliphatic rings. The standard InChI is InChI=1S/C17H25N5O/c1-11-6-4-5-7-14(11)18-16-10-15(13(3)23)19-17(20-16)22-9-8-12(2)21-22/h8-11,13-14,23H,4-7H2,1-3H3,(H,18,19,20). The van der Waals surface area contributed by atoms with Crippen molar-refractivity contribution < 1.29 is 5.11 Å². The summed E-state index contributed by atoms with van der Waals surface area (Å²) in [7, 11) is 0. The summed E-state index contributed by atoms with van der Waals surface area (Å²) in [6.07, 6.45) is 6.16. The normalized spacial score (nSPS) is 22.8. The van der Waals surface area contributed by atoms with Crippen LogP contribution in [0, 0.1) is 12.8 Å². The molecular formula is C17H25N5O. The molecular weight excluding hydrogens is 290 g/mol. The molecule has 1 aliphatic carbocycles. The summed E-state index contributed by atoms with van der Waals surface area (Å²) in [5, 5.41) is 17.8. The molecule has 2 aromatic rings. The first-order valence-corrected chi connectivity index (χ1v) is 8.39. The molecule has 6 nitrogen and oxygen atoms in total. The van der Waals surface area contributed by atoms with Crippen LogP contribution in [0.15, 0.2) is 18.3 Å². The van der Waals surface area contributed by atoms with Crippen LogP contribution in [0.25, 0.3) is 5.95 Å². The van der Waals surface area contributed by atoms with E-state index in [1.165, 1.54) is 19.3 Å². The summed E-state index contributed by atoms with van der Waals surface area (Å²) in [5.74, 6) is 1.88. The summed E-state index contributed by atoms with van der Waals surface area (Å²) >= 11 is 0. The van der Waals surface area contributed by atoms with Crippen molar-refractivity contribution >= 4 is 5.82 Å². The number of nitrogens with one attached hydrogen (secondary N) is 1. The quantitative estimate of drug-likeness (QED) is 0.907. The zero-order valence-electron chi connectivity index (χ0n) is 14.0. The van der Waals surface area contributed by atoms with Crippen molar-refractivity contribution in [2.75, 3.05) is 5.32 Å². The van der Waals surface area contributed by atoms with Crippen LogP contribution in [0.1, 0.15) is 57.0 Å². The maximum absolute atomic E-state index is 9.93. The van der Waals surface area contributed by atoms with E-state index >= 15 is 0 Å². The molecule has 0 spiro atoms. The van der Waals surface area contributed by atoms with Gasteiger partial charge < -0.3 is 10.4 Å². The zero-order valence-corrected chi connectivity index (χ0v) is 14.0. The number of hydrogen-bond acceptors (Lipinski definition) is 5. The Kier molecular flexibility index (Phi) is 4.61. The lowest BCUT2D eigenvalue weighted by Crippen LogP contribution is -2.31. The number of aromatic nitrogens is 4. The minimum atomic E-state index is -0.641. The highest BCUT2D eigenvalue weighted by atomic mass is 16.3. The molecule has 0 amide bonds. The van der Waals surface area contributed by atoms with E-state index in [-0.39, 0.29) is 0 Å². The Bertz CT molecular complexity index is 667. The highest BCUT2D eigenvalue weighted by Crippen LogP contribution is 2.27. The van der Waals surface area contributed by atoms with Crippen molar-refractivity contribution in [3.05, 3.63) is 29.7 Å². The number of aliphatic hydroxyl groups is 1. The van der Waals surface area contributed by atoms with Gasteiger partial charge in [0.15, 0.2) is 0 Å². The van der Waals surface area contributed by atoms with Crippen LogP contribution >= 0.6 is 0 Å². The van der Waals surface area contributed by atoms with Gasteiger partial charge in [0.05, 0.1) is 17.5 Å². The van der Waals surface area contributed by atoms with Gasteiger partial charge in [0.25, 0.3) is 5.95 Å². The second-order valence-corrected chi connectivity index (χ2v) is 6.57. The van der Waals surface area contributed by atoms with Gasteiger partial charge in [-0.25, -0.2) is 9.67 Å². The van der Waals surface area contributed by atoms with Crippen molar-refractivity contribution in [1.82, 2.24) is 19.7 Å².